The Hall–Kier alpha value is -2.07. The molecule has 3 nitrogen and oxygen atoms in total. The van der Waals surface area contributed by atoms with Gasteiger partial charge in [-0.15, -0.1) is 0 Å². The minimum atomic E-state index is -1.15. The third-order valence-corrected chi connectivity index (χ3v) is 5.93. The molecule has 0 saturated carbocycles. The standard InChI is InChI=1S/C20H22O3S/c1-14-4-10-18(11-5-14)24(21)20-13-12-19(23-15(20)2)16-6-8-17(22-3)9-7-16/h4-11,19H,12-13H2,1-3H3/t19-,24?/m0/s1. The van der Waals surface area contributed by atoms with E-state index in [4.69, 9.17) is 9.47 Å². The molecule has 0 fully saturated rings. The van der Waals surface area contributed by atoms with Crippen LogP contribution in [0.25, 0.3) is 0 Å². The third-order valence-electron chi connectivity index (χ3n) is 4.29. The Morgan fingerprint density at radius 2 is 1.71 bits per heavy atom. The minimum absolute atomic E-state index is 0.00896. The van der Waals surface area contributed by atoms with Crippen molar-refractivity contribution < 1.29 is 13.7 Å². The summed E-state index contributed by atoms with van der Waals surface area (Å²) in [6, 6.07) is 15.8. The van der Waals surface area contributed by atoms with Crippen LogP contribution < -0.4 is 4.74 Å². The summed E-state index contributed by atoms with van der Waals surface area (Å²) >= 11 is 0. The maximum Gasteiger partial charge on any atom is 0.124 e. The summed E-state index contributed by atoms with van der Waals surface area (Å²) in [6.45, 7) is 3.94. The van der Waals surface area contributed by atoms with Gasteiger partial charge in [0.2, 0.25) is 0 Å². The van der Waals surface area contributed by atoms with Crippen molar-refractivity contribution in [2.24, 2.45) is 0 Å². The van der Waals surface area contributed by atoms with Gasteiger partial charge in [0.25, 0.3) is 0 Å². The Balaban J connectivity index is 1.77. The fourth-order valence-electron chi connectivity index (χ4n) is 2.86. The molecule has 0 amide bonds. The van der Waals surface area contributed by atoms with Gasteiger partial charge >= 0.3 is 0 Å². The van der Waals surface area contributed by atoms with Gasteiger partial charge in [0.1, 0.15) is 17.6 Å². The van der Waals surface area contributed by atoms with Gasteiger partial charge in [-0.1, -0.05) is 29.8 Å². The molecule has 1 aliphatic heterocycles. The number of benzene rings is 2. The normalized spacial score (nSPS) is 18.9. The molecule has 4 heteroatoms. The fourth-order valence-corrected chi connectivity index (χ4v) is 4.14. The van der Waals surface area contributed by atoms with Crippen molar-refractivity contribution in [3.63, 3.8) is 0 Å². The summed E-state index contributed by atoms with van der Waals surface area (Å²) in [7, 11) is 0.508. The van der Waals surface area contributed by atoms with Gasteiger partial charge in [-0.2, -0.15) is 0 Å². The zero-order chi connectivity index (χ0) is 17.1. The van der Waals surface area contributed by atoms with Crippen LogP contribution in [0.5, 0.6) is 5.75 Å². The van der Waals surface area contributed by atoms with Crippen molar-refractivity contribution >= 4 is 10.8 Å². The smallest absolute Gasteiger partial charge is 0.124 e. The van der Waals surface area contributed by atoms with Crippen LogP contribution in [0.15, 0.2) is 64.1 Å². The molecule has 0 saturated heterocycles. The summed E-state index contributed by atoms with van der Waals surface area (Å²) < 4.78 is 24.1. The van der Waals surface area contributed by atoms with E-state index in [2.05, 4.69) is 0 Å². The van der Waals surface area contributed by atoms with E-state index in [0.29, 0.717) is 0 Å². The number of aryl methyl sites for hydroxylation is 1. The number of hydrogen-bond donors (Lipinski definition) is 0. The first-order valence-corrected chi connectivity index (χ1v) is 9.22. The first-order valence-electron chi connectivity index (χ1n) is 8.07. The highest BCUT2D eigenvalue weighted by Gasteiger charge is 2.25. The molecule has 0 spiro atoms. The van der Waals surface area contributed by atoms with Gasteiger partial charge in [-0.3, -0.25) is 0 Å². The second-order valence-electron chi connectivity index (χ2n) is 5.98. The molecule has 0 aliphatic carbocycles. The Labute approximate surface area is 145 Å². The summed E-state index contributed by atoms with van der Waals surface area (Å²) in [5.74, 6) is 1.61. The lowest BCUT2D eigenvalue weighted by molar-refractivity contribution is 0.0955. The highest BCUT2D eigenvalue weighted by atomic mass is 32.2. The van der Waals surface area contributed by atoms with E-state index in [0.717, 1.165) is 39.7 Å². The van der Waals surface area contributed by atoms with E-state index < -0.39 is 10.8 Å². The van der Waals surface area contributed by atoms with Crippen LogP contribution in [0.3, 0.4) is 0 Å². The number of methoxy groups -OCH3 is 1. The molecule has 0 N–H and O–H groups in total. The summed E-state index contributed by atoms with van der Waals surface area (Å²) in [4.78, 5) is 1.73. The predicted octanol–water partition coefficient (Wildman–Crippen LogP) is 4.89. The van der Waals surface area contributed by atoms with Gasteiger partial charge in [-0.05, 0) is 56.5 Å². The average Bonchev–Trinajstić information content (AvgIpc) is 2.62. The average molecular weight is 342 g/mol. The molecular formula is C20H22O3S. The monoisotopic (exact) mass is 342 g/mol. The summed E-state index contributed by atoms with van der Waals surface area (Å²) in [6.07, 6.45) is 1.62. The lowest BCUT2D eigenvalue weighted by atomic mass is 10.0. The number of hydrogen-bond acceptors (Lipinski definition) is 3. The molecule has 2 aromatic carbocycles. The van der Waals surface area contributed by atoms with Crippen LogP contribution in [0.2, 0.25) is 0 Å². The molecule has 0 bridgehead atoms. The van der Waals surface area contributed by atoms with Crippen LogP contribution in [0.1, 0.15) is 37.0 Å². The Morgan fingerprint density at radius 3 is 2.29 bits per heavy atom. The van der Waals surface area contributed by atoms with Crippen molar-refractivity contribution in [2.75, 3.05) is 7.11 Å². The Kier molecular flexibility index (Phi) is 5.05. The topological polar surface area (TPSA) is 35.5 Å². The zero-order valence-electron chi connectivity index (χ0n) is 14.2. The predicted molar refractivity (Wildman–Crippen MR) is 96.3 cm³/mol. The molecule has 1 aliphatic rings. The van der Waals surface area contributed by atoms with Crippen LogP contribution in [0.4, 0.5) is 0 Å². The van der Waals surface area contributed by atoms with Gasteiger partial charge in [0, 0.05) is 4.90 Å². The van der Waals surface area contributed by atoms with Gasteiger partial charge < -0.3 is 9.47 Å². The van der Waals surface area contributed by atoms with Crippen LogP contribution in [0, 0.1) is 6.92 Å². The second kappa shape index (κ2) is 7.22. The lowest BCUT2D eigenvalue weighted by Gasteiger charge is -2.27. The number of rotatable bonds is 4. The molecule has 1 unspecified atom stereocenters. The third kappa shape index (κ3) is 3.54. The Bertz CT molecular complexity index is 760. The molecule has 24 heavy (non-hydrogen) atoms. The van der Waals surface area contributed by atoms with Crippen molar-refractivity contribution in [1.29, 1.82) is 0 Å². The maximum atomic E-state index is 12.8. The lowest BCUT2D eigenvalue weighted by Crippen LogP contribution is -2.13. The quantitative estimate of drug-likeness (QED) is 0.793. The van der Waals surface area contributed by atoms with Crippen molar-refractivity contribution in [3.8, 4) is 5.75 Å². The van der Waals surface area contributed by atoms with Crippen LogP contribution >= 0.6 is 0 Å². The number of allylic oxidation sites excluding steroid dienone is 2. The van der Waals surface area contributed by atoms with Crippen LogP contribution in [-0.4, -0.2) is 11.3 Å². The molecule has 126 valence electrons. The fraction of sp³-hybridized carbons (Fsp3) is 0.300. The van der Waals surface area contributed by atoms with Gasteiger partial charge in [0.15, 0.2) is 0 Å². The minimum Gasteiger partial charge on any atom is -0.497 e. The van der Waals surface area contributed by atoms with E-state index in [1.807, 2.05) is 62.4 Å². The van der Waals surface area contributed by atoms with Crippen LogP contribution in [-0.2, 0) is 15.5 Å². The zero-order valence-corrected chi connectivity index (χ0v) is 15.1. The van der Waals surface area contributed by atoms with E-state index in [1.165, 1.54) is 5.56 Å². The van der Waals surface area contributed by atoms with Crippen molar-refractivity contribution in [1.82, 2.24) is 0 Å². The molecule has 0 aromatic heterocycles. The van der Waals surface area contributed by atoms with E-state index in [-0.39, 0.29) is 6.10 Å². The molecule has 1 heterocycles. The second-order valence-corrected chi connectivity index (χ2v) is 7.48. The van der Waals surface area contributed by atoms with Crippen molar-refractivity contribution in [2.45, 2.75) is 37.7 Å². The highest BCUT2D eigenvalue weighted by molar-refractivity contribution is 7.89. The first-order chi connectivity index (χ1) is 11.6. The first kappa shape index (κ1) is 16.8. The van der Waals surface area contributed by atoms with E-state index in [9.17, 15) is 4.21 Å². The molecular weight excluding hydrogens is 320 g/mol. The highest BCUT2D eigenvalue weighted by Crippen LogP contribution is 2.36. The molecule has 2 aromatic rings. The SMILES string of the molecule is COc1ccc([C@@H]2CCC(S(=O)c3ccc(C)cc3)=C(C)O2)cc1. The molecule has 2 atom stereocenters. The molecule has 0 radical (unpaired) electrons. The molecule has 3 rings (SSSR count). The number of ether oxygens (including phenoxy) is 2. The largest absolute Gasteiger partial charge is 0.497 e. The van der Waals surface area contributed by atoms with Gasteiger partial charge in [0.05, 0.1) is 22.8 Å². The van der Waals surface area contributed by atoms with E-state index >= 15 is 0 Å². The Morgan fingerprint density at radius 1 is 1.04 bits per heavy atom. The van der Waals surface area contributed by atoms with E-state index in [1.54, 1.807) is 7.11 Å². The van der Waals surface area contributed by atoms with Crippen molar-refractivity contribution in [3.05, 3.63) is 70.3 Å². The maximum absolute atomic E-state index is 12.8. The van der Waals surface area contributed by atoms with Gasteiger partial charge in [-0.25, -0.2) is 4.21 Å². The summed E-state index contributed by atoms with van der Waals surface area (Å²) in [5, 5.41) is 0. The summed E-state index contributed by atoms with van der Waals surface area (Å²) in [5.41, 5.74) is 2.29.